The standard InChI is InChI=1S/C6H12N2O2S/c7-3-1-2-5-11(9,10)6-4-8/h1-3,5-7H2. The van der Waals surface area contributed by atoms with Crippen molar-refractivity contribution in [2.75, 3.05) is 18.1 Å². The van der Waals surface area contributed by atoms with Gasteiger partial charge < -0.3 is 5.73 Å². The highest BCUT2D eigenvalue weighted by atomic mass is 32.2. The molecule has 0 fully saturated rings. The van der Waals surface area contributed by atoms with Crippen LogP contribution in [0.1, 0.15) is 12.8 Å². The molecule has 5 heteroatoms. The summed E-state index contributed by atoms with van der Waals surface area (Å²) in [7, 11) is -3.12. The minimum atomic E-state index is -3.12. The van der Waals surface area contributed by atoms with Crippen molar-refractivity contribution in [3.63, 3.8) is 0 Å². The first kappa shape index (κ1) is 10.4. The Labute approximate surface area is 66.9 Å². The number of unbranched alkanes of at least 4 members (excludes halogenated alkanes) is 1. The second kappa shape index (κ2) is 5.10. The SMILES string of the molecule is N#CCS(=O)(=O)CCCCN. The van der Waals surface area contributed by atoms with Crippen LogP contribution >= 0.6 is 0 Å². The van der Waals surface area contributed by atoms with Crippen molar-refractivity contribution in [2.24, 2.45) is 5.73 Å². The summed E-state index contributed by atoms with van der Waals surface area (Å²) in [5.41, 5.74) is 5.17. The van der Waals surface area contributed by atoms with E-state index in [1.165, 1.54) is 0 Å². The maximum absolute atomic E-state index is 10.8. The number of nitrogens with two attached hydrogens (primary N) is 1. The van der Waals surface area contributed by atoms with Gasteiger partial charge in [-0.2, -0.15) is 5.26 Å². The second-order valence-corrected chi connectivity index (χ2v) is 4.43. The Morgan fingerprint density at radius 3 is 2.45 bits per heavy atom. The van der Waals surface area contributed by atoms with E-state index in [0.717, 1.165) is 0 Å². The zero-order chi connectivity index (χ0) is 8.74. The van der Waals surface area contributed by atoms with E-state index in [0.29, 0.717) is 19.4 Å². The molecule has 0 atom stereocenters. The van der Waals surface area contributed by atoms with Crippen LogP contribution in [0.2, 0.25) is 0 Å². The van der Waals surface area contributed by atoms with Crippen molar-refractivity contribution in [3.05, 3.63) is 0 Å². The van der Waals surface area contributed by atoms with Crippen LogP contribution in [0.3, 0.4) is 0 Å². The summed E-state index contributed by atoms with van der Waals surface area (Å²) in [5, 5.41) is 8.10. The average molecular weight is 176 g/mol. The molecule has 0 aromatic carbocycles. The van der Waals surface area contributed by atoms with Crippen LogP contribution in [0, 0.1) is 11.3 Å². The second-order valence-electron chi connectivity index (χ2n) is 2.25. The van der Waals surface area contributed by atoms with Crippen LogP contribution in [0.25, 0.3) is 0 Å². The number of nitriles is 1. The quantitative estimate of drug-likeness (QED) is 0.581. The topological polar surface area (TPSA) is 84.0 Å². The van der Waals surface area contributed by atoms with E-state index in [9.17, 15) is 8.42 Å². The molecule has 64 valence electrons. The van der Waals surface area contributed by atoms with E-state index in [-0.39, 0.29) is 11.5 Å². The van der Waals surface area contributed by atoms with E-state index in [2.05, 4.69) is 0 Å². The van der Waals surface area contributed by atoms with Gasteiger partial charge in [0.05, 0.1) is 11.8 Å². The van der Waals surface area contributed by atoms with Gasteiger partial charge in [-0.05, 0) is 19.4 Å². The van der Waals surface area contributed by atoms with Crippen molar-refractivity contribution in [1.82, 2.24) is 0 Å². The number of hydrogen-bond acceptors (Lipinski definition) is 4. The molecule has 0 saturated carbocycles. The van der Waals surface area contributed by atoms with Gasteiger partial charge in [0, 0.05) is 0 Å². The number of rotatable bonds is 5. The van der Waals surface area contributed by atoms with Gasteiger partial charge >= 0.3 is 0 Å². The van der Waals surface area contributed by atoms with Crippen LogP contribution in [-0.4, -0.2) is 26.5 Å². The minimum Gasteiger partial charge on any atom is -0.330 e. The van der Waals surface area contributed by atoms with Gasteiger partial charge in [-0.3, -0.25) is 0 Å². The average Bonchev–Trinajstić information content (AvgIpc) is 1.87. The van der Waals surface area contributed by atoms with E-state index in [1.54, 1.807) is 6.07 Å². The molecule has 0 saturated heterocycles. The van der Waals surface area contributed by atoms with Crippen molar-refractivity contribution >= 4 is 9.84 Å². The smallest absolute Gasteiger partial charge is 0.163 e. The molecule has 0 spiro atoms. The van der Waals surface area contributed by atoms with E-state index < -0.39 is 9.84 Å². The fourth-order valence-corrected chi connectivity index (χ4v) is 1.62. The molecule has 11 heavy (non-hydrogen) atoms. The van der Waals surface area contributed by atoms with Gasteiger partial charge in [-0.1, -0.05) is 0 Å². The van der Waals surface area contributed by atoms with E-state index >= 15 is 0 Å². The predicted octanol–water partition coefficient (Wildman–Crippen LogP) is -0.336. The lowest BCUT2D eigenvalue weighted by Crippen LogP contribution is -2.11. The van der Waals surface area contributed by atoms with Gasteiger partial charge in [-0.15, -0.1) is 0 Å². The highest BCUT2D eigenvalue weighted by Crippen LogP contribution is 1.95. The number of hydrogen-bond donors (Lipinski definition) is 1. The Morgan fingerprint density at radius 2 is 2.00 bits per heavy atom. The summed E-state index contributed by atoms with van der Waals surface area (Å²) in [5.74, 6) is -0.296. The lowest BCUT2D eigenvalue weighted by molar-refractivity contribution is 0.595. The van der Waals surface area contributed by atoms with Crippen LogP contribution in [0.4, 0.5) is 0 Å². The lowest BCUT2D eigenvalue weighted by atomic mass is 10.3. The van der Waals surface area contributed by atoms with Crippen LogP contribution in [-0.2, 0) is 9.84 Å². The van der Waals surface area contributed by atoms with Gasteiger partial charge in [0.1, 0.15) is 5.75 Å². The van der Waals surface area contributed by atoms with Gasteiger partial charge in [-0.25, -0.2) is 8.42 Å². The molecule has 4 nitrogen and oxygen atoms in total. The number of sulfone groups is 1. The Hall–Kier alpha value is -0.600. The maximum atomic E-state index is 10.8. The Balaban J connectivity index is 3.68. The van der Waals surface area contributed by atoms with Crippen molar-refractivity contribution in [1.29, 1.82) is 5.26 Å². The normalized spacial score (nSPS) is 10.9. The molecular formula is C6H12N2O2S. The summed E-state index contributed by atoms with van der Waals surface area (Å²) in [6.07, 6.45) is 1.26. The van der Waals surface area contributed by atoms with Crippen molar-refractivity contribution < 1.29 is 8.42 Å². The number of nitrogens with zero attached hydrogens (tertiary/aromatic N) is 1. The van der Waals surface area contributed by atoms with Crippen molar-refractivity contribution in [3.8, 4) is 6.07 Å². The lowest BCUT2D eigenvalue weighted by Gasteiger charge is -1.96. The Morgan fingerprint density at radius 1 is 1.36 bits per heavy atom. The molecule has 0 bridgehead atoms. The monoisotopic (exact) mass is 176 g/mol. The summed E-state index contributed by atoms with van der Waals surface area (Å²) >= 11 is 0. The molecule has 0 aliphatic rings. The third-order valence-corrected chi connectivity index (χ3v) is 2.67. The van der Waals surface area contributed by atoms with E-state index in [1.807, 2.05) is 0 Å². The summed E-state index contributed by atoms with van der Waals surface area (Å²) in [4.78, 5) is 0. The van der Waals surface area contributed by atoms with Crippen LogP contribution in [0.5, 0.6) is 0 Å². The molecule has 2 N–H and O–H groups in total. The minimum absolute atomic E-state index is 0.0811. The highest BCUT2D eigenvalue weighted by molar-refractivity contribution is 7.91. The first-order chi connectivity index (χ1) is 5.12. The van der Waals surface area contributed by atoms with Gasteiger partial charge in [0.2, 0.25) is 0 Å². The molecule has 0 amide bonds. The Kier molecular flexibility index (Phi) is 4.83. The Bertz CT molecular complexity index is 227. The molecule has 0 aromatic rings. The molecule has 0 radical (unpaired) electrons. The molecule has 0 aromatic heterocycles. The zero-order valence-corrected chi connectivity index (χ0v) is 7.10. The van der Waals surface area contributed by atoms with Crippen LogP contribution in [0.15, 0.2) is 0 Å². The predicted molar refractivity (Wildman–Crippen MR) is 42.6 cm³/mol. The maximum Gasteiger partial charge on any atom is 0.163 e. The highest BCUT2D eigenvalue weighted by Gasteiger charge is 2.08. The fraction of sp³-hybridized carbons (Fsp3) is 0.833. The zero-order valence-electron chi connectivity index (χ0n) is 6.28. The first-order valence-corrected chi connectivity index (χ1v) is 5.22. The molecular weight excluding hydrogens is 164 g/mol. The third kappa shape index (κ3) is 5.83. The van der Waals surface area contributed by atoms with E-state index in [4.69, 9.17) is 11.0 Å². The summed E-state index contributed by atoms with van der Waals surface area (Å²) < 4.78 is 21.7. The summed E-state index contributed by atoms with van der Waals surface area (Å²) in [6, 6.07) is 1.62. The van der Waals surface area contributed by atoms with Crippen molar-refractivity contribution in [2.45, 2.75) is 12.8 Å². The van der Waals surface area contributed by atoms with Gasteiger partial charge in [0.15, 0.2) is 9.84 Å². The molecule has 0 unspecified atom stereocenters. The van der Waals surface area contributed by atoms with Crippen LogP contribution < -0.4 is 5.73 Å². The summed E-state index contributed by atoms with van der Waals surface area (Å²) in [6.45, 7) is 0.502. The first-order valence-electron chi connectivity index (χ1n) is 3.40. The fourth-order valence-electron chi connectivity index (χ4n) is 0.637. The molecule has 0 rings (SSSR count). The molecule has 0 heterocycles. The van der Waals surface area contributed by atoms with Gasteiger partial charge in [0.25, 0.3) is 0 Å². The molecule has 0 aliphatic carbocycles. The largest absolute Gasteiger partial charge is 0.330 e. The molecule has 0 aliphatic heterocycles. The third-order valence-electron chi connectivity index (χ3n) is 1.19.